The van der Waals surface area contributed by atoms with Crippen molar-refractivity contribution >= 4 is 112 Å². The average molecular weight is 745 g/mol. The van der Waals surface area contributed by atoms with Crippen LogP contribution < -0.4 is 10.6 Å². The number of aryl methyl sites for hydroxylation is 2. The number of carbonyl (C=O) groups is 2. The van der Waals surface area contributed by atoms with Crippen molar-refractivity contribution in [2.24, 2.45) is 0 Å². The fraction of sp³-hybridized carbons (Fsp3) is 0.185. The Morgan fingerprint density at radius 1 is 0.786 bits per heavy atom. The minimum absolute atomic E-state index is 0.137. The van der Waals surface area contributed by atoms with Gasteiger partial charge >= 0.3 is 0 Å². The molecule has 0 aliphatic heterocycles. The van der Waals surface area contributed by atoms with Gasteiger partial charge in [-0.05, 0) is 73.4 Å². The molecule has 0 saturated carbocycles. The number of hydrogen-bond acceptors (Lipinski definition) is 9. The summed E-state index contributed by atoms with van der Waals surface area (Å²) in [5.74, 6) is 0.578. The van der Waals surface area contributed by atoms with E-state index in [-0.39, 0.29) is 23.3 Å². The fourth-order valence-corrected chi connectivity index (χ4v) is 8.31. The summed E-state index contributed by atoms with van der Waals surface area (Å²) in [6, 6.07) is 14.9. The number of nitrogens with zero attached hydrogens (tertiary/aromatic N) is 6. The summed E-state index contributed by atoms with van der Waals surface area (Å²) < 4.78 is 5.76. The van der Waals surface area contributed by atoms with Gasteiger partial charge in [0.05, 0.1) is 16.9 Å². The quantitative estimate of drug-likeness (QED) is 0.171. The minimum atomic E-state index is -0.151. The molecule has 10 nitrogen and oxygen atoms in total. The maximum Gasteiger partial charge on any atom is 0.245 e. The summed E-state index contributed by atoms with van der Waals surface area (Å²) in [4.78, 5) is 27.8. The molecule has 15 heteroatoms. The van der Waals surface area contributed by atoms with Gasteiger partial charge in [0.15, 0.2) is 16.0 Å². The van der Waals surface area contributed by atoms with Crippen LogP contribution in [0.1, 0.15) is 16.9 Å². The Balaban J connectivity index is 1.20. The molecule has 212 valence electrons. The molecule has 7 rings (SSSR count). The van der Waals surface area contributed by atoms with Gasteiger partial charge < -0.3 is 10.6 Å². The van der Waals surface area contributed by atoms with Gasteiger partial charge in [0.2, 0.25) is 17.6 Å². The first kappa shape index (κ1) is 27.8. The molecule has 6 aromatic rings. The molecule has 2 aromatic carbocycles. The van der Waals surface area contributed by atoms with Crippen LogP contribution in [0.25, 0.3) is 21.6 Å². The van der Waals surface area contributed by atoms with E-state index in [1.165, 1.54) is 34.0 Å². The number of carbonyl (C=O) groups excluding carboxylic acids is 2. The molecule has 0 radical (unpaired) electrons. The molecule has 0 spiro atoms. The van der Waals surface area contributed by atoms with Crippen molar-refractivity contribution in [1.29, 1.82) is 0 Å². The van der Waals surface area contributed by atoms with Crippen molar-refractivity contribution in [3.63, 3.8) is 0 Å². The molecule has 0 unspecified atom stereocenters. The number of nitrogens with one attached hydrogen (secondary N) is 2. The maximum atomic E-state index is 12.8. The minimum Gasteiger partial charge on any atom is -0.325 e. The van der Waals surface area contributed by atoms with Crippen molar-refractivity contribution in [1.82, 2.24) is 29.2 Å². The average Bonchev–Trinajstić information content (AvgIpc) is 3.76. The second kappa shape index (κ2) is 11.6. The number of thioether (sulfide) groups is 2. The molecule has 1 aliphatic rings. The van der Waals surface area contributed by atoms with E-state index in [0.717, 1.165) is 49.8 Å². The Morgan fingerprint density at radius 2 is 1.36 bits per heavy atom. The summed E-state index contributed by atoms with van der Waals surface area (Å²) >= 11 is 11.2. The first-order chi connectivity index (χ1) is 20.4. The van der Waals surface area contributed by atoms with Crippen LogP contribution in [0.2, 0.25) is 0 Å². The monoisotopic (exact) mass is 742 g/mol. The second-order valence-corrected chi connectivity index (χ2v) is 14.3. The normalized spacial score (nSPS) is 12.8. The van der Waals surface area contributed by atoms with Crippen LogP contribution in [-0.4, -0.2) is 52.5 Å². The van der Waals surface area contributed by atoms with Crippen LogP contribution in [0, 0.1) is 0 Å². The predicted molar refractivity (Wildman–Crippen MR) is 174 cm³/mol. The van der Waals surface area contributed by atoms with Crippen LogP contribution in [-0.2, 0) is 22.4 Å². The van der Waals surface area contributed by atoms with Gasteiger partial charge in [-0.1, -0.05) is 55.4 Å². The van der Waals surface area contributed by atoms with Crippen LogP contribution in [0.15, 0.2) is 67.8 Å². The topological polar surface area (TPSA) is 119 Å². The van der Waals surface area contributed by atoms with Gasteiger partial charge in [-0.25, -0.2) is 8.80 Å². The van der Waals surface area contributed by atoms with E-state index < -0.39 is 0 Å². The fourth-order valence-electron chi connectivity index (χ4n) is 4.88. The maximum absolute atomic E-state index is 12.8. The highest BCUT2D eigenvalue weighted by molar-refractivity contribution is 9.10. The summed E-state index contributed by atoms with van der Waals surface area (Å²) in [6.07, 6.45) is 3.10. The molecule has 4 aromatic heterocycles. The van der Waals surface area contributed by atoms with Gasteiger partial charge in [0.25, 0.3) is 0 Å². The number of benzene rings is 2. The zero-order valence-electron chi connectivity index (χ0n) is 21.6. The first-order valence-electron chi connectivity index (χ1n) is 12.9. The van der Waals surface area contributed by atoms with Gasteiger partial charge in [-0.2, -0.15) is 0 Å². The van der Waals surface area contributed by atoms with Crippen LogP contribution in [0.5, 0.6) is 0 Å². The van der Waals surface area contributed by atoms with E-state index in [1.54, 1.807) is 11.3 Å². The summed E-state index contributed by atoms with van der Waals surface area (Å²) in [7, 11) is 0. The predicted octanol–water partition coefficient (Wildman–Crippen LogP) is 6.46. The van der Waals surface area contributed by atoms with Crippen molar-refractivity contribution < 1.29 is 9.59 Å². The number of hydrogen-bond donors (Lipinski definition) is 2. The number of aromatic nitrogens is 6. The number of rotatable bonds is 8. The summed E-state index contributed by atoms with van der Waals surface area (Å²) in [5.41, 5.74) is 3.45. The van der Waals surface area contributed by atoms with E-state index in [2.05, 4.69) is 62.9 Å². The lowest BCUT2D eigenvalue weighted by Gasteiger charge is -2.07. The molecule has 0 saturated heterocycles. The standard InChI is InChI=1S/C27H20Br2N8O2S3/c28-14-4-8-16(9-5-14)30-20(38)12-40-26-34-32-23-22-18-2-1-3-19(18)42-24(22)37-25(36(23)26)33-35-27(37)41-13-21(39)31-17-10-6-15(29)7-11-17/h4-11H,1-3,12-13H2,(H,30,38)(H,31,39). The third-order valence-electron chi connectivity index (χ3n) is 6.70. The lowest BCUT2D eigenvalue weighted by atomic mass is 10.2. The van der Waals surface area contributed by atoms with Crippen molar-refractivity contribution in [3.8, 4) is 0 Å². The molecule has 2 N–H and O–H groups in total. The van der Waals surface area contributed by atoms with Gasteiger partial charge in [-0.15, -0.1) is 31.7 Å². The Bertz CT molecular complexity index is 1990. The van der Waals surface area contributed by atoms with Crippen LogP contribution in [0.3, 0.4) is 0 Å². The third kappa shape index (κ3) is 5.32. The summed E-state index contributed by atoms with van der Waals surface area (Å²) in [6.45, 7) is 0. The smallest absolute Gasteiger partial charge is 0.245 e. The largest absolute Gasteiger partial charge is 0.325 e. The molecule has 0 atom stereocenters. The van der Waals surface area contributed by atoms with E-state index in [0.29, 0.717) is 21.7 Å². The molecule has 42 heavy (non-hydrogen) atoms. The molecular weight excluding hydrogens is 724 g/mol. The first-order valence-corrected chi connectivity index (χ1v) is 17.2. The summed E-state index contributed by atoms with van der Waals surface area (Å²) in [5, 5.41) is 26.1. The zero-order chi connectivity index (χ0) is 28.8. The molecule has 4 heterocycles. The number of halogens is 2. The van der Waals surface area contributed by atoms with E-state index >= 15 is 0 Å². The number of anilines is 2. The van der Waals surface area contributed by atoms with Crippen molar-refractivity contribution in [2.45, 2.75) is 29.6 Å². The SMILES string of the molecule is O=C(CSc1nnc2c3c4c(sc3n3c(SCC(=O)Nc5ccc(Br)cc5)nnc3n12)CCC4)Nc1ccc(Br)cc1. The Kier molecular flexibility index (Phi) is 7.69. The third-order valence-corrected chi connectivity index (χ3v) is 10.9. The highest BCUT2D eigenvalue weighted by Crippen LogP contribution is 2.41. The van der Waals surface area contributed by atoms with E-state index in [4.69, 9.17) is 0 Å². The Morgan fingerprint density at radius 3 is 1.98 bits per heavy atom. The molecule has 2 amide bonds. The molecule has 0 bridgehead atoms. The molecule has 0 fully saturated rings. The number of thiophene rings is 1. The van der Waals surface area contributed by atoms with Gasteiger partial charge in [0.1, 0.15) is 4.83 Å². The van der Waals surface area contributed by atoms with Crippen LogP contribution >= 0.6 is 66.7 Å². The second-order valence-electron chi connectivity index (χ2n) is 9.48. The lowest BCUT2D eigenvalue weighted by molar-refractivity contribution is -0.114. The molecule has 1 aliphatic carbocycles. The van der Waals surface area contributed by atoms with Gasteiger partial charge in [0, 0.05) is 25.2 Å². The van der Waals surface area contributed by atoms with E-state index in [9.17, 15) is 9.59 Å². The number of amides is 2. The highest BCUT2D eigenvalue weighted by atomic mass is 79.9. The Hall–Kier alpha value is -2.98. The van der Waals surface area contributed by atoms with E-state index in [1.807, 2.05) is 57.3 Å². The van der Waals surface area contributed by atoms with Crippen molar-refractivity contribution in [3.05, 3.63) is 67.9 Å². The van der Waals surface area contributed by atoms with Crippen LogP contribution in [0.4, 0.5) is 11.4 Å². The lowest BCUT2D eigenvalue weighted by Crippen LogP contribution is -2.14. The molecular formula is C27H20Br2N8O2S3. The van der Waals surface area contributed by atoms with Crippen molar-refractivity contribution in [2.75, 3.05) is 22.1 Å². The Labute approximate surface area is 268 Å². The van der Waals surface area contributed by atoms with Gasteiger partial charge in [-0.3, -0.25) is 9.59 Å². The number of fused-ring (bicyclic) bond motifs is 8. The highest BCUT2D eigenvalue weighted by Gasteiger charge is 2.27. The zero-order valence-corrected chi connectivity index (χ0v) is 27.3.